The topological polar surface area (TPSA) is 72.1 Å². The van der Waals surface area contributed by atoms with Gasteiger partial charge in [0.25, 0.3) is 5.89 Å². The number of nitrogens with zero attached hydrogens (tertiary/aromatic N) is 4. The van der Waals surface area contributed by atoms with Crippen molar-refractivity contribution in [1.29, 1.82) is 0 Å². The van der Waals surface area contributed by atoms with E-state index in [1.165, 1.54) is 12.1 Å². The Bertz CT molecular complexity index is 881. The summed E-state index contributed by atoms with van der Waals surface area (Å²) in [5.41, 5.74) is 1.32. The Balaban J connectivity index is 1.56. The van der Waals surface area contributed by atoms with Gasteiger partial charge in [-0.05, 0) is 30.3 Å². The van der Waals surface area contributed by atoms with Crippen molar-refractivity contribution in [3.05, 3.63) is 60.4 Å². The Labute approximate surface area is 136 Å². The molecule has 0 bridgehead atoms. The highest BCUT2D eigenvalue weighted by Gasteiger charge is 2.34. The number of rotatable bonds is 3. The monoisotopic (exact) mass is 324 g/mol. The molecule has 2 aromatic heterocycles. The molecule has 0 spiro atoms. The summed E-state index contributed by atoms with van der Waals surface area (Å²) in [6.45, 7) is 0.400. The molecular weight excluding hydrogens is 311 g/mol. The fourth-order valence-corrected chi connectivity index (χ4v) is 2.79. The van der Waals surface area contributed by atoms with Gasteiger partial charge in [-0.1, -0.05) is 11.2 Å². The van der Waals surface area contributed by atoms with Crippen molar-refractivity contribution in [3.8, 4) is 11.5 Å². The van der Waals surface area contributed by atoms with E-state index in [1.54, 1.807) is 41.6 Å². The van der Waals surface area contributed by atoms with Crippen molar-refractivity contribution in [1.82, 2.24) is 15.1 Å². The molecule has 7 heteroatoms. The highest BCUT2D eigenvalue weighted by molar-refractivity contribution is 5.96. The lowest BCUT2D eigenvalue weighted by molar-refractivity contribution is -0.117. The first-order valence-electron chi connectivity index (χ1n) is 7.50. The van der Waals surface area contributed by atoms with Crippen LogP contribution in [0, 0.1) is 5.82 Å². The van der Waals surface area contributed by atoms with Gasteiger partial charge in [-0.25, -0.2) is 4.39 Å². The summed E-state index contributed by atoms with van der Waals surface area (Å²) in [4.78, 5) is 22.1. The number of benzene rings is 1. The highest BCUT2D eigenvalue weighted by Crippen LogP contribution is 2.31. The van der Waals surface area contributed by atoms with Crippen molar-refractivity contribution < 1.29 is 13.7 Å². The van der Waals surface area contributed by atoms with E-state index >= 15 is 0 Å². The Morgan fingerprint density at radius 1 is 1.21 bits per heavy atom. The second kappa shape index (κ2) is 5.84. The quantitative estimate of drug-likeness (QED) is 0.741. The molecule has 1 fully saturated rings. The molecular formula is C17H13FN4O2. The maximum absolute atomic E-state index is 13.4. The first-order chi connectivity index (χ1) is 11.7. The maximum Gasteiger partial charge on any atom is 0.258 e. The Hall–Kier alpha value is -3.09. The minimum absolute atomic E-state index is 0.0825. The molecule has 1 aromatic carbocycles. The second-order valence-electron chi connectivity index (χ2n) is 5.58. The highest BCUT2D eigenvalue weighted by atomic mass is 19.1. The molecule has 1 aliphatic heterocycles. The van der Waals surface area contributed by atoms with Gasteiger partial charge in [-0.15, -0.1) is 0 Å². The molecule has 4 rings (SSSR count). The third-order valence-corrected chi connectivity index (χ3v) is 3.98. The standard InChI is InChI=1S/C17H13FN4O2/c18-13-2-1-3-14(9-13)22-10-12(8-15(22)23)16-20-17(24-21-16)11-4-6-19-7-5-11/h1-7,9,12H,8,10H2. The molecule has 1 saturated heterocycles. The Morgan fingerprint density at radius 2 is 2.04 bits per heavy atom. The third kappa shape index (κ3) is 2.64. The molecule has 0 saturated carbocycles. The molecule has 1 unspecified atom stereocenters. The van der Waals surface area contributed by atoms with Crippen LogP contribution in [0.15, 0.2) is 53.3 Å². The molecule has 0 radical (unpaired) electrons. The van der Waals surface area contributed by atoms with Crippen molar-refractivity contribution in [2.45, 2.75) is 12.3 Å². The number of carbonyl (C=O) groups excluding carboxylic acids is 1. The van der Waals surface area contributed by atoms with Crippen molar-refractivity contribution in [3.63, 3.8) is 0 Å². The van der Waals surface area contributed by atoms with Gasteiger partial charge >= 0.3 is 0 Å². The molecule has 120 valence electrons. The number of aromatic nitrogens is 3. The van der Waals surface area contributed by atoms with E-state index in [2.05, 4.69) is 15.1 Å². The normalized spacial score (nSPS) is 17.5. The van der Waals surface area contributed by atoms with E-state index in [1.807, 2.05) is 0 Å². The van der Waals surface area contributed by atoms with E-state index in [9.17, 15) is 9.18 Å². The van der Waals surface area contributed by atoms with Crippen LogP contribution < -0.4 is 4.90 Å². The zero-order valence-corrected chi connectivity index (χ0v) is 12.6. The first-order valence-corrected chi connectivity index (χ1v) is 7.50. The number of halogens is 1. The third-order valence-electron chi connectivity index (χ3n) is 3.98. The van der Waals surface area contributed by atoms with Crippen molar-refractivity contribution >= 4 is 11.6 Å². The molecule has 0 N–H and O–H groups in total. The van der Waals surface area contributed by atoms with Crippen LogP contribution in [0.1, 0.15) is 18.2 Å². The average molecular weight is 324 g/mol. The molecule has 3 heterocycles. The summed E-state index contributed by atoms with van der Waals surface area (Å²) in [7, 11) is 0. The summed E-state index contributed by atoms with van der Waals surface area (Å²) >= 11 is 0. The number of amides is 1. The summed E-state index contributed by atoms with van der Waals surface area (Å²) in [6.07, 6.45) is 3.56. The smallest absolute Gasteiger partial charge is 0.258 e. The number of hydrogen-bond donors (Lipinski definition) is 0. The van der Waals surface area contributed by atoms with Gasteiger partial charge in [-0.2, -0.15) is 4.98 Å². The van der Waals surface area contributed by atoms with Gasteiger partial charge in [0.2, 0.25) is 5.91 Å². The van der Waals surface area contributed by atoms with Crippen LogP contribution in [0.3, 0.4) is 0 Å². The summed E-state index contributed by atoms with van der Waals surface area (Å²) < 4.78 is 18.7. The summed E-state index contributed by atoms with van der Waals surface area (Å²) in [5, 5.41) is 4.00. The number of carbonyl (C=O) groups is 1. The molecule has 1 atom stereocenters. The van der Waals surface area contributed by atoms with E-state index in [4.69, 9.17) is 4.52 Å². The fourth-order valence-electron chi connectivity index (χ4n) is 2.79. The van der Waals surface area contributed by atoms with Gasteiger partial charge in [0, 0.05) is 42.5 Å². The number of pyridine rings is 1. The first kappa shape index (κ1) is 14.5. The summed E-state index contributed by atoms with van der Waals surface area (Å²) in [6, 6.07) is 9.54. The van der Waals surface area contributed by atoms with Crippen LogP contribution in [0.25, 0.3) is 11.5 Å². The zero-order valence-electron chi connectivity index (χ0n) is 12.6. The predicted molar refractivity (Wildman–Crippen MR) is 83.6 cm³/mol. The van der Waals surface area contributed by atoms with Gasteiger partial charge in [0.15, 0.2) is 5.82 Å². The predicted octanol–water partition coefficient (Wildman–Crippen LogP) is 2.79. The second-order valence-corrected chi connectivity index (χ2v) is 5.58. The van der Waals surface area contributed by atoms with Crippen LogP contribution in [-0.4, -0.2) is 27.6 Å². The lowest BCUT2D eigenvalue weighted by Crippen LogP contribution is -2.24. The molecule has 24 heavy (non-hydrogen) atoms. The summed E-state index contributed by atoms with van der Waals surface area (Å²) in [5.74, 6) is 0.238. The minimum atomic E-state index is -0.372. The fraction of sp³-hybridized carbons (Fsp3) is 0.176. The van der Waals surface area contributed by atoms with E-state index < -0.39 is 0 Å². The van der Waals surface area contributed by atoms with E-state index in [0.29, 0.717) is 23.9 Å². The lowest BCUT2D eigenvalue weighted by atomic mass is 10.1. The van der Waals surface area contributed by atoms with Gasteiger partial charge in [0.05, 0.1) is 0 Å². The number of hydrogen-bond acceptors (Lipinski definition) is 5. The van der Waals surface area contributed by atoms with Crippen LogP contribution in [0.2, 0.25) is 0 Å². The van der Waals surface area contributed by atoms with Gasteiger partial charge < -0.3 is 9.42 Å². The van der Waals surface area contributed by atoms with Crippen molar-refractivity contribution in [2.24, 2.45) is 0 Å². The van der Waals surface area contributed by atoms with Gasteiger partial charge in [0.1, 0.15) is 5.82 Å². The molecule has 6 nitrogen and oxygen atoms in total. The molecule has 3 aromatic rings. The van der Waals surface area contributed by atoms with Crippen LogP contribution >= 0.6 is 0 Å². The molecule has 1 aliphatic rings. The van der Waals surface area contributed by atoms with Crippen LogP contribution in [0.4, 0.5) is 10.1 Å². The lowest BCUT2D eigenvalue weighted by Gasteiger charge is -2.15. The van der Waals surface area contributed by atoms with E-state index in [-0.39, 0.29) is 24.1 Å². The largest absolute Gasteiger partial charge is 0.334 e. The Kier molecular flexibility index (Phi) is 3.53. The number of anilines is 1. The van der Waals surface area contributed by atoms with Gasteiger partial charge in [-0.3, -0.25) is 9.78 Å². The molecule has 0 aliphatic carbocycles. The SMILES string of the molecule is O=C1CC(c2noc(-c3ccncc3)n2)CN1c1cccc(F)c1. The average Bonchev–Trinajstić information content (AvgIpc) is 3.22. The van der Waals surface area contributed by atoms with E-state index in [0.717, 1.165) is 5.56 Å². The molecule has 1 amide bonds. The Morgan fingerprint density at radius 3 is 2.83 bits per heavy atom. The van der Waals surface area contributed by atoms with Crippen LogP contribution in [-0.2, 0) is 4.79 Å². The zero-order chi connectivity index (χ0) is 16.5. The maximum atomic E-state index is 13.4. The van der Waals surface area contributed by atoms with Crippen LogP contribution in [0.5, 0.6) is 0 Å². The van der Waals surface area contributed by atoms with Crippen molar-refractivity contribution in [2.75, 3.05) is 11.4 Å². The minimum Gasteiger partial charge on any atom is -0.334 e.